The molecule has 0 aliphatic carbocycles. The fraction of sp³-hybridized carbons (Fsp3) is 0.273. The summed E-state index contributed by atoms with van der Waals surface area (Å²) in [6, 6.07) is 5.64. The second kappa shape index (κ2) is 6.52. The summed E-state index contributed by atoms with van der Waals surface area (Å²) in [6.07, 6.45) is 0. The van der Waals surface area contributed by atoms with Gasteiger partial charge in [-0.25, -0.2) is 8.42 Å². The molecule has 1 aromatic rings. The summed E-state index contributed by atoms with van der Waals surface area (Å²) in [7, 11) is -3.97. The molecular weight excluding hydrogens is 292 g/mol. The summed E-state index contributed by atoms with van der Waals surface area (Å²) in [5.41, 5.74) is 0.154. The number of ether oxygens (including phenoxy) is 1. The van der Waals surface area contributed by atoms with Gasteiger partial charge in [-0.1, -0.05) is 11.6 Å². The highest BCUT2D eigenvalue weighted by Crippen LogP contribution is 2.22. The van der Waals surface area contributed by atoms with Crippen molar-refractivity contribution in [2.45, 2.75) is 11.8 Å². The molecule has 0 bridgehead atoms. The quantitative estimate of drug-likeness (QED) is 0.820. The van der Waals surface area contributed by atoms with Crippen molar-refractivity contribution in [2.24, 2.45) is 0 Å². The smallest absolute Gasteiger partial charge is 0.321 e. The Bertz CT molecular complexity index is 622. The second-order valence-corrected chi connectivity index (χ2v) is 5.53. The molecule has 0 saturated heterocycles. The minimum Gasteiger partial charge on any atom is -0.465 e. The molecule has 0 spiro atoms. The van der Waals surface area contributed by atoms with E-state index in [2.05, 4.69) is 9.46 Å². The molecule has 6 nitrogen and oxygen atoms in total. The van der Waals surface area contributed by atoms with Crippen LogP contribution in [0, 0.1) is 11.3 Å². The average molecular weight is 303 g/mol. The van der Waals surface area contributed by atoms with E-state index in [1.165, 1.54) is 12.1 Å². The van der Waals surface area contributed by atoms with Crippen LogP contribution in [-0.2, 0) is 19.6 Å². The first kappa shape index (κ1) is 15.4. The lowest BCUT2D eigenvalue weighted by Crippen LogP contribution is -2.31. The van der Waals surface area contributed by atoms with Crippen LogP contribution in [0.2, 0.25) is 5.02 Å². The highest BCUT2D eigenvalue weighted by atomic mass is 35.5. The Morgan fingerprint density at radius 1 is 1.53 bits per heavy atom. The lowest BCUT2D eigenvalue weighted by molar-refractivity contribution is -0.141. The number of carbonyl (C=O) groups excluding carboxylic acids is 1. The molecule has 0 aromatic heterocycles. The number of hydrogen-bond acceptors (Lipinski definition) is 5. The maximum Gasteiger partial charge on any atom is 0.321 e. The van der Waals surface area contributed by atoms with Gasteiger partial charge in [-0.3, -0.25) is 4.79 Å². The Kier molecular flexibility index (Phi) is 5.30. The van der Waals surface area contributed by atoms with Gasteiger partial charge in [0, 0.05) is 0 Å². The molecule has 1 N–H and O–H groups in total. The Hall–Kier alpha value is -1.62. The van der Waals surface area contributed by atoms with E-state index in [4.69, 9.17) is 16.9 Å². The normalized spacial score (nSPS) is 10.8. The van der Waals surface area contributed by atoms with Gasteiger partial charge in [0.2, 0.25) is 10.0 Å². The Labute approximate surface area is 116 Å². The molecule has 0 radical (unpaired) electrons. The van der Waals surface area contributed by atoms with Gasteiger partial charge in [0.05, 0.1) is 23.3 Å². The number of rotatable bonds is 5. The SMILES string of the molecule is CCOC(=O)CNS(=O)(=O)c1cc(C#N)ccc1Cl. The van der Waals surface area contributed by atoms with Crippen LogP contribution in [0.1, 0.15) is 12.5 Å². The van der Waals surface area contributed by atoms with E-state index < -0.39 is 22.5 Å². The zero-order valence-corrected chi connectivity index (χ0v) is 11.6. The number of nitrogens with one attached hydrogen (secondary N) is 1. The van der Waals surface area contributed by atoms with E-state index in [9.17, 15) is 13.2 Å². The molecule has 0 heterocycles. The highest BCUT2D eigenvalue weighted by Gasteiger charge is 2.19. The van der Waals surface area contributed by atoms with Crippen LogP contribution in [0.4, 0.5) is 0 Å². The molecule has 0 aliphatic heterocycles. The van der Waals surface area contributed by atoms with Gasteiger partial charge in [-0.15, -0.1) is 0 Å². The van der Waals surface area contributed by atoms with Crippen LogP contribution >= 0.6 is 11.6 Å². The summed E-state index contributed by atoms with van der Waals surface area (Å²) in [5.74, 6) is -0.696. The van der Waals surface area contributed by atoms with Gasteiger partial charge in [0.15, 0.2) is 0 Å². The lowest BCUT2D eigenvalue weighted by Gasteiger charge is -2.08. The van der Waals surface area contributed by atoms with Gasteiger partial charge in [0.1, 0.15) is 11.4 Å². The number of sulfonamides is 1. The van der Waals surface area contributed by atoms with Crippen LogP contribution in [0.3, 0.4) is 0 Å². The third-order valence-corrected chi connectivity index (χ3v) is 3.94. The van der Waals surface area contributed by atoms with Crippen LogP contribution in [0.15, 0.2) is 23.1 Å². The molecular formula is C11H11ClN2O4S. The zero-order chi connectivity index (χ0) is 14.5. The molecule has 0 amide bonds. The summed E-state index contributed by atoms with van der Waals surface area (Å²) in [4.78, 5) is 10.8. The van der Waals surface area contributed by atoms with Crippen molar-refractivity contribution in [1.29, 1.82) is 5.26 Å². The molecule has 0 unspecified atom stereocenters. The third-order valence-electron chi connectivity index (χ3n) is 2.06. The van der Waals surface area contributed by atoms with Crippen LogP contribution < -0.4 is 4.72 Å². The largest absolute Gasteiger partial charge is 0.465 e. The van der Waals surface area contributed by atoms with Crippen molar-refractivity contribution >= 4 is 27.6 Å². The Balaban J connectivity index is 2.95. The molecule has 0 fully saturated rings. The van der Waals surface area contributed by atoms with Crippen molar-refractivity contribution in [2.75, 3.05) is 13.2 Å². The zero-order valence-electron chi connectivity index (χ0n) is 10.0. The fourth-order valence-corrected chi connectivity index (χ4v) is 2.72. The van der Waals surface area contributed by atoms with Crippen molar-refractivity contribution < 1.29 is 17.9 Å². The molecule has 19 heavy (non-hydrogen) atoms. The first-order chi connectivity index (χ1) is 8.90. The standard InChI is InChI=1S/C11H11ClN2O4S/c1-2-18-11(15)7-14-19(16,17)10-5-8(6-13)3-4-9(10)12/h3-5,14H,2,7H2,1H3. The van der Waals surface area contributed by atoms with Gasteiger partial charge < -0.3 is 4.74 Å². The van der Waals surface area contributed by atoms with E-state index >= 15 is 0 Å². The summed E-state index contributed by atoms with van der Waals surface area (Å²) < 4.78 is 30.5. The molecule has 0 saturated carbocycles. The van der Waals surface area contributed by atoms with Gasteiger partial charge in [-0.2, -0.15) is 9.98 Å². The first-order valence-corrected chi connectivity index (χ1v) is 7.11. The third kappa shape index (κ3) is 4.21. The number of halogens is 1. The molecule has 1 aromatic carbocycles. The first-order valence-electron chi connectivity index (χ1n) is 5.25. The van der Waals surface area contributed by atoms with Crippen LogP contribution in [0.25, 0.3) is 0 Å². The predicted octanol–water partition coefficient (Wildman–Crippen LogP) is 1.05. The van der Waals surface area contributed by atoms with Crippen LogP contribution in [-0.4, -0.2) is 27.5 Å². The summed E-state index contributed by atoms with van der Waals surface area (Å²) in [5, 5.41) is 8.69. The van der Waals surface area contributed by atoms with E-state index in [1.54, 1.807) is 6.92 Å². The fourth-order valence-electron chi connectivity index (χ4n) is 1.22. The minimum atomic E-state index is -3.97. The second-order valence-electron chi connectivity index (χ2n) is 3.39. The number of benzene rings is 1. The van der Waals surface area contributed by atoms with Crippen molar-refractivity contribution in [3.8, 4) is 6.07 Å². The van der Waals surface area contributed by atoms with Gasteiger partial charge in [0.25, 0.3) is 0 Å². The van der Waals surface area contributed by atoms with Gasteiger partial charge >= 0.3 is 5.97 Å². The monoisotopic (exact) mass is 302 g/mol. The average Bonchev–Trinajstić information content (AvgIpc) is 2.37. The van der Waals surface area contributed by atoms with Gasteiger partial charge in [-0.05, 0) is 25.1 Å². The Morgan fingerprint density at radius 3 is 2.79 bits per heavy atom. The summed E-state index contributed by atoms with van der Waals surface area (Å²) >= 11 is 5.77. The summed E-state index contributed by atoms with van der Waals surface area (Å²) in [6.45, 7) is 1.27. The molecule has 1 rings (SSSR count). The van der Waals surface area contributed by atoms with E-state index in [1.807, 2.05) is 6.07 Å². The predicted molar refractivity (Wildman–Crippen MR) is 68.0 cm³/mol. The minimum absolute atomic E-state index is 0.0321. The number of carbonyl (C=O) groups is 1. The van der Waals surface area contributed by atoms with Crippen LogP contribution in [0.5, 0.6) is 0 Å². The molecule has 0 aliphatic rings. The molecule has 0 atom stereocenters. The van der Waals surface area contributed by atoms with E-state index in [0.717, 1.165) is 6.07 Å². The maximum atomic E-state index is 11.9. The molecule has 8 heteroatoms. The number of esters is 1. The topological polar surface area (TPSA) is 96.3 Å². The molecule has 102 valence electrons. The number of nitrogens with zero attached hydrogens (tertiary/aromatic N) is 1. The van der Waals surface area contributed by atoms with Crippen molar-refractivity contribution in [3.05, 3.63) is 28.8 Å². The van der Waals surface area contributed by atoms with E-state index in [-0.39, 0.29) is 22.1 Å². The van der Waals surface area contributed by atoms with Crippen molar-refractivity contribution in [3.63, 3.8) is 0 Å². The van der Waals surface area contributed by atoms with Crippen molar-refractivity contribution in [1.82, 2.24) is 4.72 Å². The number of hydrogen-bond donors (Lipinski definition) is 1. The lowest BCUT2D eigenvalue weighted by atomic mass is 10.2. The maximum absolute atomic E-state index is 11.9. The Morgan fingerprint density at radius 2 is 2.21 bits per heavy atom. The number of nitriles is 1. The highest BCUT2D eigenvalue weighted by molar-refractivity contribution is 7.89. The van der Waals surface area contributed by atoms with E-state index in [0.29, 0.717) is 0 Å².